The summed E-state index contributed by atoms with van der Waals surface area (Å²) in [5.74, 6) is 1.27. The van der Waals surface area contributed by atoms with Gasteiger partial charge in [0.15, 0.2) is 6.61 Å². The van der Waals surface area contributed by atoms with Gasteiger partial charge in [-0.3, -0.25) is 4.79 Å². The number of amides is 1. The first-order valence-corrected chi connectivity index (χ1v) is 7.30. The van der Waals surface area contributed by atoms with Crippen molar-refractivity contribution in [1.82, 2.24) is 5.32 Å². The van der Waals surface area contributed by atoms with Gasteiger partial charge in [-0.15, -0.1) is 0 Å². The van der Waals surface area contributed by atoms with Crippen molar-refractivity contribution in [2.75, 3.05) is 13.2 Å². The van der Waals surface area contributed by atoms with E-state index in [1.54, 1.807) is 0 Å². The Bertz CT molecular complexity index is 459. The third-order valence-electron chi connectivity index (χ3n) is 3.11. The largest absolute Gasteiger partial charge is 0.483 e. The zero-order valence-electron chi connectivity index (χ0n) is 11.0. The van der Waals surface area contributed by atoms with Crippen LogP contribution in [0.2, 0.25) is 0 Å². The first-order valence-electron chi connectivity index (χ1n) is 6.51. The average Bonchev–Trinajstić information content (AvgIpc) is 3.18. The van der Waals surface area contributed by atoms with E-state index in [0.29, 0.717) is 11.7 Å². The molecule has 104 valence electrons. The van der Waals surface area contributed by atoms with Gasteiger partial charge in [0.2, 0.25) is 0 Å². The number of rotatable bonds is 6. The molecule has 0 heterocycles. The summed E-state index contributed by atoms with van der Waals surface area (Å²) in [7, 11) is 0. The molecule has 2 rings (SSSR count). The summed E-state index contributed by atoms with van der Waals surface area (Å²) in [5, 5.41) is 2.87. The molecule has 0 unspecified atom stereocenters. The van der Waals surface area contributed by atoms with E-state index < -0.39 is 0 Å². The summed E-state index contributed by atoms with van der Waals surface area (Å²) in [6.45, 7) is 2.69. The molecule has 1 saturated carbocycles. The predicted molar refractivity (Wildman–Crippen MR) is 78.0 cm³/mol. The molecule has 1 aromatic carbocycles. The van der Waals surface area contributed by atoms with Gasteiger partial charge in [-0.25, -0.2) is 0 Å². The quantitative estimate of drug-likeness (QED) is 0.843. The molecule has 1 aliphatic rings. The third kappa shape index (κ3) is 4.51. The van der Waals surface area contributed by atoms with Crippen LogP contribution in [-0.4, -0.2) is 19.1 Å². The molecular formula is C14H19BrN2O2. The Morgan fingerprint density at radius 1 is 1.58 bits per heavy atom. The van der Waals surface area contributed by atoms with Crippen molar-refractivity contribution in [3.05, 3.63) is 28.2 Å². The molecule has 1 aliphatic carbocycles. The van der Waals surface area contributed by atoms with Crippen LogP contribution < -0.4 is 15.8 Å². The van der Waals surface area contributed by atoms with E-state index in [0.717, 1.165) is 16.6 Å². The van der Waals surface area contributed by atoms with Crippen molar-refractivity contribution in [2.24, 2.45) is 11.7 Å². The Hall–Kier alpha value is -1.07. The number of nitrogens with one attached hydrogen (secondary N) is 1. The minimum absolute atomic E-state index is 0.0358. The molecule has 0 aromatic heterocycles. The molecule has 1 amide bonds. The molecular weight excluding hydrogens is 308 g/mol. The minimum atomic E-state index is -0.137. The summed E-state index contributed by atoms with van der Waals surface area (Å²) in [6.07, 6.45) is 2.45. The lowest BCUT2D eigenvalue weighted by Gasteiger charge is -2.14. The molecule has 1 atom stereocenters. The van der Waals surface area contributed by atoms with Crippen molar-refractivity contribution in [2.45, 2.75) is 25.8 Å². The van der Waals surface area contributed by atoms with Crippen LogP contribution in [0.1, 0.15) is 31.4 Å². The fraction of sp³-hybridized carbons (Fsp3) is 0.500. The van der Waals surface area contributed by atoms with E-state index in [2.05, 4.69) is 21.2 Å². The van der Waals surface area contributed by atoms with E-state index in [1.807, 2.05) is 25.1 Å². The maximum atomic E-state index is 11.6. The van der Waals surface area contributed by atoms with Gasteiger partial charge in [-0.05, 0) is 43.9 Å². The molecule has 1 fully saturated rings. The van der Waals surface area contributed by atoms with Crippen LogP contribution in [0.4, 0.5) is 0 Å². The number of benzene rings is 1. The van der Waals surface area contributed by atoms with E-state index in [4.69, 9.17) is 10.5 Å². The lowest BCUT2D eigenvalue weighted by atomic mass is 10.1. The Balaban J connectivity index is 1.88. The Morgan fingerprint density at radius 2 is 2.32 bits per heavy atom. The standard InChI is InChI=1S/C14H19BrN2O2/c1-9(16)12-6-11(15)4-5-13(12)19-8-14(18)17-7-10-2-3-10/h4-6,9-10H,2-3,7-8,16H2,1H3,(H,17,18)/t9-/m0/s1. The molecule has 5 heteroatoms. The summed E-state index contributed by atoms with van der Waals surface area (Å²) >= 11 is 3.40. The molecule has 1 aromatic rings. The lowest BCUT2D eigenvalue weighted by molar-refractivity contribution is -0.123. The highest BCUT2D eigenvalue weighted by Gasteiger charge is 2.21. The van der Waals surface area contributed by atoms with Crippen molar-refractivity contribution >= 4 is 21.8 Å². The van der Waals surface area contributed by atoms with Crippen molar-refractivity contribution < 1.29 is 9.53 Å². The Morgan fingerprint density at radius 3 is 2.95 bits per heavy atom. The molecule has 0 bridgehead atoms. The van der Waals surface area contributed by atoms with Crippen LogP contribution in [0.15, 0.2) is 22.7 Å². The van der Waals surface area contributed by atoms with Crippen molar-refractivity contribution in [1.29, 1.82) is 0 Å². The number of halogens is 1. The van der Waals surface area contributed by atoms with E-state index in [-0.39, 0.29) is 18.6 Å². The van der Waals surface area contributed by atoms with Crippen LogP contribution in [0.5, 0.6) is 5.75 Å². The SMILES string of the molecule is C[C@H](N)c1cc(Br)ccc1OCC(=O)NCC1CC1. The second kappa shape index (κ2) is 6.39. The van der Waals surface area contributed by atoms with Crippen LogP contribution in [0.25, 0.3) is 0 Å². The second-order valence-corrected chi connectivity index (χ2v) is 5.92. The average molecular weight is 327 g/mol. The fourth-order valence-electron chi connectivity index (χ4n) is 1.78. The number of carbonyl (C=O) groups is 1. The maximum Gasteiger partial charge on any atom is 0.257 e. The van der Waals surface area contributed by atoms with Crippen LogP contribution >= 0.6 is 15.9 Å². The Kier molecular flexibility index (Phi) is 4.82. The smallest absolute Gasteiger partial charge is 0.257 e. The van der Waals surface area contributed by atoms with E-state index in [1.165, 1.54) is 12.8 Å². The monoisotopic (exact) mass is 326 g/mol. The molecule has 3 N–H and O–H groups in total. The first-order chi connectivity index (χ1) is 9.06. The van der Waals surface area contributed by atoms with Gasteiger partial charge in [0.25, 0.3) is 5.91 Å². The molecule has 4 nitrogen and oxygen atoms in total. The van der Waals surface area contributed by atoms with E-state index in [9.17, 15) is 4.79 Å². The van der Waals surface area contributed by atoms with Gasteiger partial charge in [0.1, 0.15) is 5.75 Å². The zero-order chi connectivity index (χ0) is 13.8. The van der Waals surface area contributed by atoms with Gasteiger partial charge in [0.05, 0.1) is 0 Å². The predicted octanol–water partition coefficient (Wildman–Crippen LogP) is 2.37. The fourth-order valence-corrected chi connectivity index (χ4v) is 2.16. The molecule has 0 spiro atoms. The molecule has 19 heavy (non-hydrogen) atoms. The number of nitrogens with two attached hydrogens (primary N) is 1. The van der Waals surface area contributed by atoms with Gasteiger partial charge in [-0.2, -0.15) is 0 Å². The van der Waals surface area contributed by atoms with Gasteiger partial charge >= 0.3 is 0 Å². The highest BCUT2D eigenvalue weighted by molar-refractivity contribution is 9.10. The lowest BCUT2D eigenvalue weighted by Crippen LogP contribution is -2.30. The minimum Gasteiger partial charge on any atom is -0.483 e. The van der Waals surface area contributed by atoms with Gasteiger partial charge < -0.3 is 15.8 Å². The number of hydrogen-bond donors (Lipinski definition) is 2. The normalized spacial score (nSPS) is 15.9. The Labute approximate surface area is 121 Å². The van der Waals surface area contributed by atoms with Crippen LogP contribution in [0, 0.1) is 5.92 Å². The molecule has 0 saturated heterocycles. The highest BCUT2D eigenvalue weighted by atomic mass is 79.9. The van der Waals surface area contributed by atoms with Gasteiger partial charge in [-0.1, -0.05) is 15.9 Å². The van der Waals surface area contributed by atoms with E-state index >= 15 is 0 Å². The topological polar surface area (TPSA) is 64.3 Å². The summed E-state index contributed by atoms with van der Waals surface area (Å²) in [4.78, 5) is 11.6. The van der Waals surface area contributed by atoms with Crippen LogP contribution in [0.3, 0.4) is 0 Å². The number of ether oxygens (including phenoxy) is 1. The number of carbonyl (C=O) groups excluding carboxylic acids is 1. The summed E-state index contributed by atoms with van der Waals surface area (Å²) < 4.78 is 6.50. The molecule has 0 aliphatic heterocycles. The number of hydrogen-bond acceptors (Lipinski definition) is 3. The van der Waals surface area contributed by atoms with Gasteiger partial charge in [0, 0.05) is 22.6 Å². The third-order valence-corrected chi connectivity index (χ3v) is 3.60. The summed E-state index contributed by atoms with van der Waals surface area (Å²) in [5.41, 5.74) is 6.79. The first kappa shape index (κ1) is 14.3. The zero-order valence-corrected chi connectivity index (χ0v) is 12.6. The second-order valence-electron chi connectivity index (χ2n) is 5.01. The van der Waals surface area contributed by atoms with Crippen molar-refractivity contribution in [3.63, 3.8) is 0 Å². The van der Waals surface area contributed by atoms with Crippen molar-refractivity contribution in [3.8, 4) is 5.75 Å². The summed E-state index contributed by atoms with van der Waals surface area (Å²) in [6, 6.07) is 5.49. The van der Waals surface area contributed by atoms with Crippen LogP contribution in [-0.2, 0) is 4.79 Å². The highest BCUT2D eigenvalue weighted by Crippen LogP contribution is 2.28. The maximum absolute atomic E-state index is 11.6. The molecule has 0 radical (unpaired) electrons.